The van der Waals surface area contributed by atoms with Crippen LogP contribution in [0.3, 0.4) is 0 Å². The van der Waals surface area contributed by atoms with Crippen molar-refractivity contribution < 1.29 is 19.4 Å². The van der Waals surface area contributed by atoms with E-state index < -0.39 is 12.1 Å². The van der Waals surface area contributed by atoms with E-state index in [0.29, 0.717) is 10.9 Å². The molecule has 0 bridgehead atoms. The summed E-state index contributed by atoms with van der Waals surface area (Å²) in [6, 6.07) is 13.8. The maximum atomic E-state index is 11.8. The summed E-state index contributed by atoms with van der Waals surface area (Å²) in [4.78, 5) is 22.7. The molecule has 116 valence electrons. The average Bonchev–Trinajstić information content (AvgIpc) is 2.96. The van der Waals surface area contributed by atoms with Crippen molar-refractivity contribution in [1.29, 1.82) is 0 Å². The van der Waals surface area contributed by atoms with Gasteiger partial charge in [-0.15, -0.1) is 0 Å². The number of fused-ring (bicyclic) bond motifs is 1. The number of carboxylic acid groups (broad SMARTS) is 1. The van der Waals surface area contributed by atoms with Crippen LogP contribution in [0.25, 0.3) is 10.9 Å². The number of carbonyl (C=O) groups excluding carboxylic acids is 1. The fourth-order valence-electron chi connectivity index (χ4n) is 2.10. The standard InChI is InChI=1S/C16H13N3O4/c20-15(21)11-6-7-12-13(8-11)18-19-14(12)17-16(22)23-9-10-4-2-1-3-5-10/h1-8H,9H2,(H,20,21)(H2,17,18,19,22). The van der Waals surface area contributed by atoms with Crippen molar-refractivity contribution >= 4 is 28.8 Å². The number of aromatic nitrogens is 2. The first-order valence-electron chi connectivity index (χ1n) is 6.82. The van der Waals surface area contributed by atoms with Gasteiger partial charge in [-0.25, -0.2) is 9.59 Å². The molecule has 3 rings (SSSR count). The van der Waals surface area contributed by atoms with E-state index in [-0.39, 0.29) is 18.0 Å². The van der Waals surface area contributed by atoms with Gasteiger partial charge in [0.2, 0.25) is 0 Å². The number of carboxylic acids is 1. The molecular weight excluding hydrogens is 298 g/mol. The summed E-state index contributed by atoms with van der Waals surface area (Å²) < 4.78 is 5.11. The van der Waals surface area contributed by atoms with Gasteiger partial charge in [0, 0.05) is 5.39 Å². The van der Waals surface area contributed by atoms with Gasteiger partial charge in [-0.1, -0.05) is 30.3 Å². The molecule has 2 aromatic carbocycles. The van der Waals surface area contributed by atoms with E-state index in [0.717, 1.165) is 5.56 Å². The zero-order valence-corrected chi connectivity index (χ0v) is 11.9. The molecule has 7 nitrogen and oxygen atoms in total. The van der Waals surface area contributed by atoms with Crippen LogP contribution >= 0.6 is 0 Å². The molecule has 3 aromatic rings. The number of hydrogen-bond acceptors (Lipinski definition) is 4. The molecule has 1 heterocycles. The predicted octanol–water partition coefficient (Wildman–Crippen LogP) is 3.01. The lowest BCUT2D eigenvalue weighted by Gasteiger charge is -2.05. The molecule has 0 atom stereocenters. The Balaban J connectivity index is 1.69. The van der Waals surface area contributed by atoms with Crippen molar-refractivity contribution in [3.8, 4) is 0 Å². The van der Waals surface area contributed by atoms with E-state index in [4.69, 9.17) is 9.84 Å². The number of nitrogens with zero attached hydrogens (tertiary/aromatic N) is 1. The second-order valence-corrected chi connectivity index (χ2v) is 4.82. The van der Waals surface area contributed by atoms with Gasteiger partial charge in [-0.2, -0.15) is 5.10 Å². The van der Waals surface area contributed by atoms with Crippen LogP contribution in [-0.4, -0.2) is 27.4 Å². The quantitative estimate of drug-likeness (QED) is 0.687. The Kier molecular flexibility index (Phi) is 3.92. The van der Waals surface area contributed by atoms with Crippen molar-refractivity contribution in [2.24, 2.45) is 0 Å². The SMILES string of the molecule is O=C(Nc1n[nH]c2cc(C(=O)O)ccc12)OCc1ccccc1. The van der Waals surface area contributed by atoms with E-state index in [1.807, 2.05) is 30.3 Å². The fraction of sp³-hybridized carbons (Fsp3) is 0.0625. The molecule has 0 unspecified atom stereocenters. The minimum Gasteiger partial charge on any atom is -0.478 e. The number of carbonyl (C=O) groups is 2. The van der Waals surface area contributed by atoms with Crippen LogP contribution in [0.4, 0.5) is 10.6 Å². The Labute approximate surface area is 130 Å². The summed E-state index contributed by atoms with van der Waals surface area (Å²) in [7, 11) is 0. The third-order valence-corrected chi connectivity index (χ3v) is 3.24. The van der Waals surface area contributed by atoms with Gasteiger partial charge in [-0.3, -0.25) is 10.4 Å². The van der Waals surface area contributed by atoms with E-state index in [1.165, 1.54) is 12.1 Å². The molecular formula is C16H13N3O4. The monoisotopic (exact) mass is 311 g/mol. The zero-order valence-electron chi connectivity index (χ0n) is 11.9. The Morgan fingerprint density at radius 1 is 1.17 bits per heavy atom. The van der Waals surface area contributed by atoms with E-state index in [9.17, 15) is 9.59 Å². The highest BCUT2D eigenvalue weighted by Gasteiger charge is 2.12. The summed E-state index contributed by atoms with van der Waals surface area (Å²) >= 11 is 0. The van der Waals surface area contributed by atoms with Crippen molar-refractivity contribution in [3.05, 3.63) is 59.7 Å². The zero-order chi connectivity index (χ0) is 16.2. The highest BCUT2D eigenvalue weighted by Crippen LogP contribution is 2.21. The third kappa shape index (κ3) is 3.29. The molecule has 7 heteroatoms. The fourth-order valence-corrected chi connectivity index (χ4v) is 2.10. The predicted molar refractivity (Wildman–Crippen MR) is 83.3 cm³/mol. The van der Waals surface area contributed by atoms with Gasteiger partial charge >= 0.3 is 12.1 Å². The van der Waals surface area contributed by atoms with Crippen molar-refractivity contribution in [2.75, 3.05) is 5.32 Å². The summed E-state index contributed by atoms with van der Waals surface area (Å²) in [5, 5.41) is 18.7. The van der Waals surface area contributed by atoms with Crippen LogP contribution in [-0.2, 0) is 11.3 Å². The third-order valence-electron chi connectivity index (χ3n) is 3.24. The lowest BCUT2D eigenvalue weighted by atomic mass is 10.1. The number of H-pyrrole nitrogens is 1. The molecule has 0 aliphatic heterocycles. The summed E-state index contributed by atoms with van der Waals surface area (Å²) in [5.74, 6) is -0.742. The largest absolute Gasteiger partial charge is 0.478 e. The molecule has 1 amide bonds. The van der Waals surface area contributed by atoms with Crippen LogP contribution in [0.1, 0.15) is 15.9 Å². The molecule has 3 N–H and O–H groups in total. The van der Waals surface area contributed by atoms with E-state index in [1.54, 1.807) is 6.07 Å². The van der Waals surface area contributed by atoms with E-state index in [2.05, 4.69) is 15.5 Å². The summed E-state index contributed by atoms with van der Waals surface area (Å²) in [6.45, 7) is 0.151. The molecule has 0 aliphatic carbocycles. The number of benzene rings is 2. The first kappa shape index (κ1) is 14.6. The molecule has 0 saturated heterocycles. The van der Waals surface area contributed by atoms with Gasteiger partial charge in [0.25, 0.3) is 0 Å². The lowest BCUT2D eigenvalue weighted by Crippen LogP contribution is -2.14. The Morgan fingerprint density at radius 3 is 2.70 bits per heavy atom. The molecule has 0 aliphatic rings. The van der Waals surface area contributed by atoms with Gasteiger partial charge in [0.05, 0.1) is 11.1 Å². The first-order chi connectivity index (χ1) is 11.1. The minimum absolute atomic E-state index is 0.138. The Bertz CT molecular complexity index is 858. The average molecular weight is 311 g/mol. The van der Waals surface area contributed by atoms with Crippen LogP contribution < -0.4 is 5.32 Å². The Morgan fingerprint density at radius 2 is 1.96 bits per heavy atom. The van der Waals surface area contributed by atoms with Gasteiger partial charge in [-0.05, 0) is 23.8 Å². The van der Waals surface area contributed by atoms with E-state index >= 15 is 0 Å². The summed E-state index contributed by atoms with van der Waals surface area (Å²) in [6.07, 6.45) is -0.635. The van der Waals surface area contributed by atoms with Crippen molar-refractivity contribution in [3.63, 3.8) is 0 Å². The number of aromatic carboxylic acids is 1. The number of amides is 1. The highest BCUT2D eigenvalue weighted by molar-refractivity contribution is 6.00. The van der Waals surface area contributed by atoms with Crippen LogP contribution in [0.5, 0.6) is 0 Å². The number of aromatic amines is 1. The van der Waals surface area contributed by atoms with Crippen LogP contribution in [0.2, 0.25) is 0 Å². The van der Waals surface area contributed by atoms with Crippen molar-refractivity contribution in [1.82, 2.24) is 10.2 Å². The highest BCUT2D eigenvalue weighted by atomic mass is 16.5. The second-order valence-electron chi connectivity index (χ2n) is 4.82. The van der Waals surface area contributed by atoms with Crippen LogP contribution in [0.15, 0.2) is 48.5 Å². The number of nitrogens with one attached hydrogen (secondary N) is 2. The number of ether oxygens (including phenoxy) is 1. The number of hydrogen-bond donors (Lipinski definition) is 3. The molecule has 23 heavy (non-hydrogen) atoms. The molecule has 0 spiro atoms. The second kappa shape index (κ2) is 6.18. The number of rotatable bonds is 4. The van der Waals surface area contributed by atoms with Gasteiger partial charge < -0.3 is 9.84 Å². The smallest absolute Gasteiger partial charge is 0.413 e. The molecule has 1 aromatic heterocycles. The van der Waals surface area contributed by atoms with Crippen LogP contribution in [0, 0.1) is 0 Å². The number of anilines is 1. The normalized spacial score (nSPS) is 10.4. The lowest BCUT2D eigenvalue weighted by molar-refractivity contribution is 0.0697. The summed E-state index contributed by atoms with van der Waals surface area (Å²) in [5.41, 5.74) is 1.53. The first-order valence-corrected chi connectivity index (χ1v) is 6.82. The minimum atomic E-state index is -1.03. The molecule has 0 radical (unpaired) electrons. The van der Waals surface area contributed by atoms with Gasteiger partial charge in [0.15, 0.2) is 5.82 Å². The molecule has 0 saturated carbocycles. The van der Waals surface area contributed by atoms with Crippen molar-refractivity contribution in [2.45, 2.75) is 6.61 Å². The Hall–Kier alpha value is -3.35. The maximum absolute atomic E-state index is 11.8. The topological polar surface area (TPSA) is 104 Å². The molecule has 0 fully saturated rings. The van der Waals surface area contributed by atoms with Gasteiger partial charge in [0.1, 0.15) is 6.61 Å². The maximum Gasteiger partial charge on any atom is 0.413 e.